The van der Waals surface area contributed by atoms with E-state index < -0.39 is 17.5 Å². The van der Waals surface area contributed by atoms with Crippen LogP contribution in [-0.2, 0) is 15.1 Å². The SMILES string of the molecule is Cc1ccc([C@]2(c3ccccc3)NC(=O)N(CC(=O)N[C@H](C)C3CC3)C2=O)cc1C. The van der Waals surface area contributed by atoms with Gasteiger partial charge in [-0.3, -0.25) is 14.5 Å². The van der Waals surface area contributed by atoms with Crippen molar-refractivity contribution in [3.8, 4) is 0 Å². The smallest absolute Gasteiger partial charge is 0.326 e. The lowest BCUT2D eigenvalue weighted by Crippen LogP contribution is -2.47. The Kier molecular flexibility index (Phi) is 5.10. The summed E-state index contributed by atoms with van der Waals surface area (Å²) >= 11 is 0. The van der Waals surface area contributed by atoms with E-state index in [2.05, 4.69) is 10.6 Å². The van der Waals surface area contributed by atoms with E-state index in [1.807, 2.05) is 69.3 Å². The highest BCUT2D eigenvalue weighted by Gasteiger charge is 2.54. The van der Waals surface area contributed by atoms with Crippen LogP contribution in [0.4, 0.5) is 4.79 Å². The lowest BCUT2D eigenvalue weighted by molar-refractivity contribution is -0.134. The number of imide groups is 1. The van der Waals surface area contributed by atoms with Crippen molar-refractivity contribution in [3.05, 3.63) is 70.8 Å². The van der Waals surface area contributed by atoms with E-state index in [0.717, 1.165) is 28.9 Å². The van der Waals surface area contributed by atoms with Gasteiger partial charge in [0.05, 0.1) is 0 Å². The van der Waals surface area contributed by atoms with Crippen molar-refractivity contribution < 1.29 is 14.4 Å². The third-order valence-electron chi connectivity index (χ3n) is 6.27. The molecule has 2 N–H and O–H groups in total. The van der Waals surface area contributed by atoms with E-state index in [4.69, 9.17) is 0 Å². The van der Waals surface area contributed by atoms with Crippen molar-refractivity contribution in [2.24, 2.45) is 5.92 Å². The minimum atomic E-state index is -1.35. The number of nitrogens with zero attached hydrogens (tertiary/aromatic N) is 1. The van der Waals surface area contributed by atoms with Gasteiger partial charge in [0, 0.05) is 6.04 Å². The molecule has 2 aliphatic rings. The summed E-state index contributed by atoms with van der Waals surface area (Å²) in [7, 11) is 0. The number of hydrogen-bond acceptors (Lipinski definition) is 3. The molecule has 1 heterocycles. The molecule has 4 rings (SSSR count). The Morgan fingerprint density at radius 3 is 2.43 bits per heavy atom. The Balaban J connectivity index is 1.68. The zero-order valence-electron chi connectivity index (χ0n) is 17.6. The highest BCUT2D eigenvalue weighted by molar-refractivity contribution is 6.11. The highest BCUT2D eigenvalue weighted by atomic mass is 16.2. The van der Waals surface area contributed by atoms with Crippen LogP contribution in [-0.4, -0.2) is 35.3 Å². The van der Waals surface area contributed by atoms with Gasteiger partial charge in [-0.2, -0.15) is 0 Å². The molecule has 30 heavy (non-hydrogen) atoms. The van der Waals surface area contributed by atoms with Crippen LogP contribution in [0, 0.1) is 19.8 Å². The van der Waals surface area contributed by atoms with Crippen molar-refractivity contribution in [3.63, 3.8) is 0 Å². The molecule has 4 amide bonds. The third kappa shape index (κ3) is 3.47. The van der Waals surface area contributed by atoms with Gasteiger partial charge in [0.25, 0.3) is 5.91 Å². The number of aryl methyl sites for hydroxylation is 2. The lowest BCUT2D eigenvalue weighted by atomic mass is 9.81. The van der Waals surface area contributed by atoms with Crippen LogP contribution in [0.5, 0.6) is 0 Å². The fourth-order valence-electron chi connectivity index (χ4n) is 4.10. The van der Waals surface area contributed by atoms with Crippen molar-refractivity contribution >= 4 is 17.8 Å². The molecular weight excluding hydrogens is 378 g/mol. The Morgan fingerprint density at radius 2 is 1.80 bits per heavy atom. The number of hydrogen-bond donors (Lipinski definition) is 2. The Hall–Kier alpha value is -3.15. The molecule has 0 bridgehead atoms. The van der Waals surface area contributed by atoms with Crippen molar-refractivity contribution in [2.75, 3.05) is 6.54 Å². The minimum Gasteiger partial charge on any atom is -0.352 e. The zero-order valence-corrected chi connectivity index (χ0v) is 17.6. The molecule has 0 radical (unpaired) electrons. The molecule has 156 valence electrons. The maximum atomic E-state index is 13.7. The first-order chi connectivity index (χ1) is 14.3. The zero-order chi connectivity index (χ0) is 21.5. The second-order valence-corrected chi connectivity index (χ2v) is 8.43. The molecule has 1 aliphatic heterocycles. The topological polar surface area (TPSA) is 78.5 Å². The van der Waals surface area contributed by atoms with E-state index in [1.54, 1.807) is 0 Å². The summed E-state index contributed by atoms with van der Waals surface area (Å²) in [6, 6.07) is 14.4. The third-order valence-corrected chi connectivity index (χ3v) is 6.27. The predicted molar refractivity (Wildman–Crippen MR) is 114 cm³/mol. The van der Waals surface area contributed by atoms with E-state index in [1.165, 1.54) is 0 Å². The number of nitrogens with one attached hydrogen (secondary N) is 2. The van der Waals surface area contributed by atoms with Crippen molar-refractivity contribution in [2.45, 2.75) is 45.2 Å². The van der Waals surface area contributed by atoms with Gasteiger partial charge in [-0.15, -0.1) is 0 Å². The van der Waals surface area contributed by atoms with E-state index in [9.17, 15) is 14.4 Å². The number of amides is 4. The fourth-order valence-corrected chi connectivity index (χ4v) is 4.10. The van der Waals surface area contributed by atoms with Crippen LogP contribution in [0.2, 0.25) is 0 Å². The van der Waals surface area contributed by atoms with Crippen LogP contribution in [0.3, 0.4) is 0 Å². The molecule has 0 unspecified atom stereocenters. The molecule has 1 saturated heterocycles. The maximum absolute atomic E-state index is 13.7. The van der Waals surface area contributed by atoms with Crippen molar-refractivity contribution in [1.29, 1.82) is 0 Å². The monoisotopic (exact) mass is 405 g/mol. The summed E-state index contributed by atoms with van der Waals surface area (Å²) < 4.78 is 0. The predicted octanol–water partition coefficient (Wildman–Crippen LogP) is 3.01. The van der Waals surface area contributed by atoms with Gasteiger partial charge < -0.3 is 10.6 Å². The van der Waals surface area contributed by atoms with Gasteiger partial charge in [0.2, 0.25) is 5.91 Å². The fraction of sp³-hybridized carbons (Fsp3) is 0.375. The summed E-state index contributed by atoms with van der Waals surface area (Å²) in [4.78, 5) is 40.1. The first kappa shape index (κ1) is 20.1. The van der Waals surface area contributed by atoms with Crippen LogP contribution < -0.4 is 10.6 Å². The van der Waals surface area contributed by atoms with Crippen LogP contribution in [0.15, 0.2) is 48.5 Å². The largest absolute Gasteiger partial charge is 0.352 e. The minimum absolute atomic E-state index is 0.0527. The number of urea groups is 1. The molecule has 1 saturated carbocycles. The molecule has 6 heteroatoms. The van der Waals surface area contributed by atoms with Crippen LogP contribution >= 0.6 is 0 Å². The molecular formula is C24H27N3O3. The normalized spacial score (nSPS) is 22.0. The molecule has 2 atom stereocenters. The Labute approximate surface area is 176 Å². The summed E-state index contributed by atoms with van der Waals surface area (Å²) in [6.45, 7) is 5.65. The number of carbonyl (C=O) groups excluding carboxylic acids is 3. The summed E-state index contributed by atoms with van der Waals surface area (Å²) in [5.41, 5.74) is 2.13. The average molecular weight is 405 g/mol. The van der Waals surface area contributed by atoms with Gasteiger partial charge in [-0.1, -0.05) is 48.5 Å². The van der Waals surface area contributed by atoms with Gasteiger partial charge in [0.15, 0.2) is 5.54 Å². The van der Waals surface area contributed by atoms with E-state index in [0.29, 0.717) is 17.0 Å². The Morgan fingerprint density at radius 1 is 1.10 bits per heavy atom. The number of benzene rings is 2. The van der Waals surface area contributed by atoms with Gasteiger partial charge >= 0.3 is 6.03 Å². The van der Waals surface area contributed by atoms with E-state index >= 15 is 0 Å². The van der Waals surface area contributed by atoms with Gasteiger partial charge in [-0.05, 0) is 61.8 Å². The van der Waals surface area contributed by atoms with Crippen LogP contribution in [0.1, 0.15) is 42.0 Å². The van der Waals surface area contributed by atoms with Crippen LogP contribution in [0.25, 0.3) is 0 Å². The first-order valence-electron chi connectivity index (χ1n) is 10.4. The second-order valence-electron chi connectivity index (χ2n) is 8.43. The van der Waals surface area contributed by atoms with Gasteiger partial charge in [0.1, 0.15) is 6.54 Å². The van der Waals surface area contributed by atoms with Gasteiger partial charge in [-0.25, -0.2) is 4.79 Å². The summed E-state index contributed by atoms with van der Waals surface area (Å²) in [5.74, 6) is -0.256. The lowest BCUT2D eigenvalue weighted by Gasteiger charge is -2.28. The van der Waals surface area contributed by atoms with Crippen molar-refractivity contribution in [1.82, 2.24) is 15.5 Å². The molecule has 2 aromatic rings. The first-order valence-corrected chi connectivity index (χ1v) is 10.4. The second kappa shape index (κ2) is 7.59. The maximum Gasteiger partial charge on any atom is 0.326 e. The number of rotatable bonds is 6. The Bertz CT molecular complexity index is 1000. The molecule has 2 aromatic carbocycles. The number of carbonyl (C=O) groups is 3. The summed E-state index contributed by atoms with van der Waals surface area (Å²) in [5, 5.41) is 5.82. The average Bonchev–Trinajstić information content (AvgIpc) is 3.54. The molecule has 0 spiro atoms. The molecule has 6 nitrogen and oxygen atoms in total. The highest BCUT2D eigenvalue weighted by Crippen LogP contribution is 2.37. The molecule has 1 aliphatic carbocycles. The molecule has 0 aromatic heterocycles. The standard InChI is InChI=1S/C24H27N3O3/c1-15-9-12-20(13-16(15)2)24(19-7-5-4-6-8-19)22(29)27(23(30)26-24)14-21(28)25-17(3)18-10-11-18/h4-9,12-13,17-18H,10-11,14H2,1-3H3,(H,25,28)(H,26,30)/t17-,24+/m1/s1. The molecule has 2 fully saturated rings. The van der Waals surface area contributed by atoms with E-state index in [-0.39, 0.29) is 18.5 Å². The quantitative estimate of drug-likeness (QED) is 0.725. The summed E-state index contributed by atoms with van der Waals surface area (Å²) in [6.07, 6.45) is 2.21.